The number of aryl methyl sites for hydroxylation is 1. The molecular formula is C21H29N3O. The van der Waals surface area contributed by atoms with Crippen LogP contribution in [-0.4, -0.2) is 41.1 Å². The summed E-state index contributed by atoms with van der Waals surface area (Å²) in [6.45, 7) is 3.35. The Morgan fingerprint density at radius 1 is 1.16 bits per heavy atom. The zero-order valence-corrected chi connectivity index (χ0v) is 15.2. The molecule has 4 heteroatoms. The summed E-state index contributed by atoms with van der Waals surface area (Å²) in [6, 6.07) is 9.00. The predicted octanol–water partition coefficient (Wildman–Crippen LogP) is 3.10. The Morgan fingerprint density at radius 2 is 2.00 bits per heavy atom. The second-order valence-corrected chi connectivity index (χ2v) is 7.76. The van der Waals surface area contributed by atoms with Gasteiger partial charge in [0.05, 0.1) is 6.42 Å². The van der Waals surface area contributed by atoms with E-state index in [4.69, 9.17) is 0 Å². The smallest absolute Gasteiger partial charge is 0.224 e. The number of nitrogens with one attached hydrogen (secondary N) is 1. The summed E-state index contributed by atoms with van der Waals surface area (Å²) in [5.41, 5.74) is 2.31. The standard InChI is InChI=1S/C21H29N3O/c1-23-15-17(18-8-2-3-10-20(18)23)13-21(25)22-14-16-7-6-12-24-11-5-4-9-19(16)24/h2-3,8,10,15-16,19H,4-7,9,11-14H2,1H3,(H,22,25)/t16-,19-/m1/s1. The second-order valence-electron chi connectivity index (χ2n) is 7.76. The molecule has 0 aliphatic carbocycles. The highest BCUT2D eigenvalue weighted by atomic mass is 16.1. The highest BCUT2D eigenvalue weighted by molar-refractivity contribution is 5.89. The van der Waals surface area contributed by atoms with Crippen molar-refractivity contribution in [2.75, 3.05) is 19.6 Å². The monoisotopic (exact) mass is 339 g/mol. The van der Waals surface area contributed by atoms with Crippen molar-refractivity contribution in [3.05, 3.63) is 36.0 Å². The van der Waals surface area contributed by atoms with Crippen molar-refractivity contribution < 1.29 is 4.79 Å². The van der Waals surface area contributed by atoms with E-state index >= 15 is 0 Å². The number of nitrogens with zero attached hydrogens (tertiary/aromatic N) is 2. The molecule has 0 unspecified atom stereocenters. The van der Waals surface area contributed by atoms with Gasteiger partial charge in [-0.2, -0.15) is 0 Å². The summed E-state index contributed by atoms with van der Waals surface area (Å²) < 4.78 is 2.11. The maximum atomic E-state index is 12.5. The number of carbonyl (C=O) groups is 1. The quantitative estimate of drug-likeness (QED) is 0.929. The van der Waals surface area contributed by atoms with Crippen molar-refractivity contribution in [3.63, 3.8) is 0 Å². The van der Waals surface area contributed by atoms with Gasteiger partial charge < -0.3 is 14.8 Å². The molecule has 25 heavy (non-hydrogen) atoms. The first kappa shape index (κ1) is 16.6. The number of hydrogen-bond acceptors (Lipinski definition) is 2. The molecule has 2 fully saturated rings. The molecule has 0 bridgehead atoms. The fourth-order valence-electron chi connectivity index (χ4n) is 4.86. The van der Waals surface area contributed by atoms with Crippen LogP contribution in [0, 0.1) is 5.92 Å². The lowest BCUT2D eigenvalue weighted by Crippen LogP contribution is -2.51. The van der Waals surface area contributed by atoms with E-state index in [2.05, 4.69) is 33.1 Å². The molecule has 1 amide bonds. The van der Waals surface area contributed by atoms with E-state index in [1.807, 2.05) is 19.2 Å². The normalized spacial score (nSPS) is 24.2. The molecule has 134 valence electrons. The van der Waals surface area contributed by atoms with Crippen LogP contribution in [0.25, 0.3) is 10.9 Å². The minimum Gasteiger partial charge on any atom is -0.355 e. The highest BCUT2D eigenvalue weighted by Gasteiger charge is 2.32. The molecule has 2 saturated heterocycles. The fraction of sp³-hybridized carbons (Fsp3) is 0.571. The molecule has 4 rings (SSSR count). The summed E-state index contributed by atoms with van der Waals surface area (Å²) in [5, 5.41) is 4.42. The van der Waals surface area contributed by atoms with Gasteiger partial charge in [0, 0.05) is 36.7 Å². The molecule has 1 N–H and O–H groups in total. The van der Waals surface area contributed by atoms with Gasteiger partial charge in [0.15, 0.2) is 0 Å². The summed E-state index contributed by atoms with van der Waals surface area (Å²) in [6.07, 6.45) is 9.11. The Balaban J connectivity index is 1.37. The van der Waals surface area contributed by atoms with Crippen LogP contribution in [0.1, 0.15) is 37.7 Å². The molecule has 0 saturated carbocycles. The molecule has 4 nitrogen and oxygen atoms in total. The van der Waals surface area contributed by atoms with Crippen molar-refractivity contribution in [1.29, 1.82) is 0 Å². The molecule has 0 radical (unpaired) electrons. The molecule has 1 aromatic carbocycles. The number of para-hydroxylation sites is 1. The van der Waals surface area contributed by atoms with Gasteiger partial charge in [-0.3, -0.25) is 4.79 Å². The summed E-state index contributed by atoms with van der Waals surface area (Å²) in [5.74, 6) is 0.787. The molecule has 0 spiro atoms. The lowest BCUT2D eigenvalue weighted by Gasteiger charge is -2.44. The second kappa shape index (κ2) is 7.20. The Kier molecular flexibility index (Phi) is 4.80. The Morgan fingerprint density at radius 3 is 2.92 bits per heavy atom. The first-order valence-corrected chi connectivity index (χ1v) is 9.76. The van der Waals surface area contributed by atoms with E-state index < -0.39 is 0 Å². The van der Waals surface area contributed by atoms with Crippen LogP contribution in [0.3, 0.4) is 0 Å². The van der Waals surface area contributed by atoms with Crippen molar-refractivity contribution >= 4 is 16.8 Å². The van der Waals surface area contributed by atoms with Crippen LogP contribution in [0.15, 0.2) is 30.5 Å². The Labute approximate surface area is 150 Å². The number of benzene rings is 1. The number of hydrogen-bond donors (Lipinski definition) is 1. The maximum absolute atomic E-state index is 12.5. The van der Waals surface area contributed by atoms with Gasteiger partial charge in [0.25, 0.3) is 0 Å². The third kappa shape index (κ3) is 3.45. The van der Waals surface area contributed by atoms with Crippen molar-refractivity contribution in [1.82, 2.24) is 14.8 Å². The van der Waals surface area contributed by atoms with Crippen LogP contribution in [-0.2, 0) is 18.3 Å². The third-order valence-electron chi connectivity index (χ3n) is 6.12. The minimum absolute atomic E-state index is 0.157. The first-order chi connectivity index (χ1) is 12.2. The van der Waals surface area contributed by atoms with E-state index in [1.165, 1.54) is 56.1 Å². The number of fused-ring (bicyclic) bond motifs is 2. The molecule has 2 aliphatic heterocycles. The molecule has 3 heterocycles. The van der Waals surface area contributed by atoms with E-state index in [0.717, 1.165) is 12.1 Å². The van der Waals surface area contributed by atoms with Crippen molar-refractivity contribution in [3.8, 4) is 0 Å². The van der Waals surface area contributed by atoms with E-state index in [1.54, 1.807) is 0 Å². The van der Waals surface area contributed by atoms with E-state index in [-0.39, 0.29) is 5.91 Å². The minimum atomic E-state index is 0.157. The predicted molar refractivity (Wildman–Crippen MR) is 102 cm³/mol. The van der Waals surface area contributed by atoms with Gasteiger partial charge in [0.1, 0.15) is 0 Å². The van der Waals surface area contributed by atoms with Gasteiger partial charge in [-0.1, -0.05) is 24.6 Å². The number of aromatic nitrogens is 1. The lowest BCUT2D eigenvalue weighted by atomic mass is 9.83. The van der Waals surface area contributed by atoms with Crippen LogP contribution in [0.4, 0.5) is 0 Å². The van der Waals surface area contributed by atoms with Gasteiger partial charge in [-0.05, 0) is 56.3 Å². The number of rotatable bonds is 4. The van der Waals surface area contributed by atoms with Gasteiger partial charge in [-0.15, -0.1) is 0 Å². The number of amides is 1. The van der Waals surface area contributed by atoms with Crippen LogP contribution < -0.4 is 5.32 Å². The topological polar surface area (TPSA) is 37.3 Å². The Hall–Kier alpha value is -1.81. The average Bonchev–Trinajstić information content (AvgIpc) is 2.96. The maximum Gasteiger partial charge on any atom is 0.224 e. The zero-order chi connectivity index (χ0) is 17.2. The summed E-state index contributed by atoms with van der Waals surface area (Å²) >= 11 is 0. The molecule has 2 aromatic rings. The van der Waals surface area contributed by atoms with Gasteiger partial charge in [0.2, 0.25) is 5.91 Å². The van der Waals surface area contributed by atoms with Crippen LogP contribution >= 0.6 is 0 Å². The molecular weight excluding hydrogens is 310 g/mol. The Bertz CT molecular complexity index is 749. The van der Waals surface area contributed by atoms with Crippen molar-refractivity contribution in [2.24, 2.45) is 13.0 Å². The largest absolute Gasteiger partial charge is 0.355 e. The van der Waals surface area contributed by atoms with Gasteiger partial charge in [-0.25, -0.2) is 0 Å². The summed E-state index contributed by atoms with van der Waals surface area (Å²) in [4.78, 5) is 15.2. The molecule has 1 aromatic heterocycles. The lowest BCUT2D eigenvalue weighted by molar-refractivity contribution is -0.120. The van der Waals surface area contributed by atoms with Crippen LogP contribution in [0.5, 0.6) is 0 Å². The molecule has 2 aliphatic rings. The summed E-state index contributed by atoms with van der Waals surface area (Å²) in [7, 11) is 2.05. The van der Waals surface area contributed by atoms with Crippen molar-refractivity contribution in [2.45, 2.75) is 44.6 Å². The molecule has 2 atom stereocenters. The van der Waals surface area contributed by atoms with Crippen LogP contribution in [0.2, 0.25) is 0 Å². The van der Waals surface area contributed by atoms with E-state index in [0.29, 0.717) is 18.4 Å². The third-order valence-corrected chi connectivity index (χ3v) is 6.12. The van der Waals surface area contributed by atoms with Gasteiger partial charge >= 0.3 is 0 Å². The number of piperidine rings is 2. The van der Waals surface area contributed by atoms with E-state index in [9.17, 15) is 4.79 Å². The number of carbonyl (C=O) groups excluding carboxylic acids is 1. The average molecular weight is 339 g/mol. The highest BCUT2D eigenvalue weighted by Crippen LogP contribution is 2.30. The first-order valence-electron chi connectivity index (χ1n) is 9.76. The SMILES string of the molecule is Cn1cc(CC(=O)NC[C@H]2CCCN3CCCC[C@H]23)c2ccccc21. The zero-order valence-electron chi connectivity index (χ0n) is 15.2. The fourth-order valence-corrected chi connectivity index (χ4v) is 4.86.